The Morgan fingerprint density at radius 2 is 1.88 bits per heavy atom. The number of aromatic nitrogens is 1. The van der Waals surface area contributed by atoms with Gasteiger partial charge >= 0.3 is 5.97 Å². The highest BCUT2D eigenvalue weighted by Crippen LogP contribution is 2.03. The molecule has 0 fully saturated rings. The van der Waals surface area contributed by atoms with Gasteiger partial charge in [0, 0.05) is 19.6 Å². The van der Waals surface area contributed by atoms with Crippen molar-refractivity contribution in [1.29, 1.82) is 0 Å². The molecule has 6 heteroatoms. The monoisotopic (exact) mass is 240 g/mol. The Morgan fingerprint density at radius 3 is 2.41 bits per heavy atom. The maximum Gasteiger partial charge on any atom is 0.354 e. The Kier molecular flexibility index (Phi) is 5.55. The van der Waals surface area contributed by atoms with Crippen molar-refractivity contribution in [2.75, 3.05) is 26.3 Å². The fourth-order valence-corrected chi connectivity index (χ4v) is 1.47. The van der Waals surface area contributed by atoms with E-state index in [1.807, 2.05) is 0 Å². The van der Waals surface area contributed by atoms with Crippen LogP contribution in [-0.2, 0) is 6.54 Å². The highest BCUT2D eigenvalue weighted by Gasteiger charge is 2.08. The summed E-state index contributed by atoms with van der Waals surface area (Å²) in [6.07, 6.45) is 0. The molecule has 0 aliphatic carbocycles. The lowest BCUT2D eigenvalue weighted by molar-refractivity contribution is 0.0689. The summed E-state index contributed by atoms with van der Waals surface area (Å²) in [4.78, 5) is 16.5. The number of carbonyl (C=O) groups is 1. The minimum absolute atomic E-state index is 0.00422. The van der Waals surface area contributed by atoms with E-state index in [1.165, 1.54) is 6.07 Å². The zero-order valence-corrected chi connectivity index (χ0v) is 9.41. The van der Waals surface area contributed by atoms with Crippen LogP contribution in [0.3, 0.4) is 0 Å². The summed E-state index contributed by atoms with van der Waals surface area (Å²) in [6.45, 7) is 1.21. The van der Waals surface area contributed by atoms with Crippen LogP contribution >= 0.6 is 0 Å². The Bertz CT molecular complexity index is 364. The van der Waals surface area contributed by atoms with Gasteiger partial charge in [0.05, 0.1) is 18.9 Å². The first-order chi connectivity index (χ1) is 8.17. The number of nitrogens with zero attached hydrogens (tertiary/aromatic N) is 2. The molecule has 0 saturated carbocycles. The molecule has 1 aromatic heterocycles. The number of aliphatic hydroxyl groups excluding tert-OH is 2. The number of hydrogen-bond acceptors (Lipinski definition) is 5. The minimum Gasteiger partial charge on any atom is -0.477 e. The number of carboxylic acid groups (broad SMARTS) is 1. The lowest BCUT2D eigenvalue weighted by Crippen LogP contribution is -2.29. The molecule has 1 rings (SSSR count). The third kappa shape index (κ3) is 4.48. The van der Waals surface area contributed by atoms with Gasteiger partial charge in [-0.25, -0.2) is 9.78 Å². The van der Waals surface area contributed by atoms with Crippen molar-refractivity contribution in [3.05, 3.63) is 29.6 Å². The zero-order chi connectivity index (χ0) is 12.7. The van der Waals surface area contributed by atoms with E-state index in [0.29, 0.717) is 25.3 Å². The van der Waals surface area contributed by atoms with Crippen LogP contribution in [0.5, 0.6) is 0 Å². The lowest BCUT2D eigenvalue weighted by Gasteiger charge is -2.19. The van der Waals surface area contributed by atoms with E-state index in [2.05, 4.69) is 4.98 Å². The molecule has 0 aliphatic heterocycles. The first-order valence-electron chi connectivity index (χ1n) is 5.30. The highest BCUT2D eigenvalue weighted by atomic mass is 16.4. The van der Waals surface area contributed by atoms with Crippen molar-refractivity contribution in [3.8, 4) is 0 Å². The molecule has 0 unspecified atom stereocenters. The van der Waals surface area contributed by atoms with Crippen LogP contribution in [-0.4, -0.2) is 57.5 Å². The summed E-state index contributed by atoms with van der Waals surface area (Å²) < 4.78 is 0. The average Bonchev–Trinajstić information content (AvgIpc) is 2.30. The van der Waals surface area contributed by atoms with Crippen molar-refractivity contribution in [1.82, 2.24) is 9.88 Å². The fourth-order valence-electron chi connectivity index (χ4n) is 1.47. The van der Waals surface area contributed by atoms with E-state index < -0.39 is 5.97 Å². The third-order valence-electron chi connectivity index (χ3n) is 2.24. The molecular formula is C11H16N2O4. The standard InChI is InChI=1S/C11H16N2O4/c14-6-4-13(5-7-15)8-9-2-1-3-10(12-9)11(16)17/h1-3,14-15H,4-8H2,(H,16,17). The van der Waals surface area contributed by atoms with Crippen molar-refractivity contribution in [2.24, 2.45) is 0 Å². The van der Waals surface area contributed by atoms with Crippen LogP contribution in [0.1, 0.15) is 16.2 Å². The second-order valence-corrected chi connectivity index (χ2v) is 3.54. The van der Waals surface area contributed by atoms with Crippen molar-refractivity contribution in [3.63, 3.8) is 0 Å². The Labute approximate surface area is 99.1 Å². The molecule has 3 N–H and O–H groups in total. The van der Waals surface area contributed by atoms with Gasteiger partial charge in [0.25, 0.3) is 0 Å². The molecule has 0 spiro atoms. The summed E-state index contributed by atoms with van der Waals surface area (Å²) in [5.74, 6) is -1.07. The number of pyridine rings is 1. The SMILES string of the molecule is O=C(O)c1cccc(CN(CCO)CCO)n1. The summed E-state index contributed by atoms with van der Waals surface area (Å²) in [6, 6.07) is 4.77. The van der Waals surface area contributed by atoms with E-state index in [0.717, 1.165) is 0 Å². The van der Waals surface area contributed by atoms with E-state index in [9.17, 15) is 4.79 Å². The molecule has 0 aromatic carbocycles. The lowest BCUT2D eigenvalue weighted by atomic mass is 10.3. The van der Waals surface area contributed by atoms with Gasteiger partial charge in [0.15, 0.2) is 0 Å². The predicted molar refractivity (Wildman–Crippen MR) is 60.6 cm³/mol. The van der Waals surface area contributed by atoms with Crippen LogP contribution < -0.4 is 0 Å². The molecule has 0 bridgehead atoms. The van der Waals surface area contributed by atoms with Gasteiger partial charge in [0.2, 0.25) is 0 Å². The van der Waals surface area contributed by atoms with Crippen LogP contribution in [0.2, 0.25) is 0 Å². The largest absolute Gasteiger partial charge is 0.477 e. The molecule has 0 atom stereocenters. The molecule has 0 radical (unpaired) electrons. The molecule has 0 aliphatic rings. The number of rotatable bonds is 7. The maximum atomic E-state index is 10.7. The predicted octanol–water partition coefficient (Wildman–Crippen LogP) is -0.434. The third-order valence-corrected chi connectivity index (χ3v) is 2.24. The normalized spacial score (nSPS) is 10.8. The van der Waals surface area contributed by atoms with Crippen LogP contribution in [0.25, 0.3) is 0 Å². The maximum absolute atomic E-state index is 10.7. The van der Waals surface area contributed by atoms with Crippen LogP contribution in [0.4, 0.5) is 0 Å². The van der Waals surface area contributed by atoms with Gasteiger partial charge in [-0.1, -0.05) is 6.07 Å². The molecular weight excluding hydrogens is 224 g/mol. The number of aromatic carboxylic acids is 1. The molecule has 6 nitrogen and oxygen atoms in total. The number of aliphatic hydroxyl groups is 2. The summed E-state index contributed by atoms with van der Waals surface area (Å²) in [5.41, 5.74) is 0.599. The minimum atomic E-state index is -1.07. The summed E-state index contributed by atoms with van der Waals surface area (Å²) in [7, 11) is 0. The molecule has 17 heavy (non-hydrogen) atoms. The zero-order valence-electron chi connectivity index (χ0n) is 9.41. The van der Waals surface area contributed by atoms with Crippen molar-refractivity contribution < 1.29 is 20.1 Å². The van der Waals surface area contributed by atoms with Crippen LogP contribution in [0, 0.1) is 0 Å². The fraction of sp³-hybridized carbons (Fsp3) is 0.455. The van der Waals surface area contributed by atoms with E-state index >= 15 is 0 Å². The number of hydrogen-bond donors (Lipinski definition) is 3. The Hall–Kier alpha value is -1.50. The van der Waals surface area contributed by atoms with Gasteiger partial charge < -0.3 is 15.3 Å². The van der Waals surface area contributed by atoms with Gasteiger partial charge in [-0.05, 0) is 12.1 Å². The molecule has 0 amide bonds. The average molecular weight is 240 g/mol. The van der Waals surface area contributed by atoms with E-state index in [1.54, 1.807) is 17.0 Å². The molecule has 0 saturated heterocycles. The second-order valence-electron chi connectivity index (χ2n) is 3.54. The molecule has 1 aromatic rings. The van der Waals surface area contributed by atoms with Crippen LogP contribution in [0.15, 0.2) is 18.2 Å². The van der Waals surface area contributed by atoms with Gasteiger partial charge in [-0.15, -0.1) is 0 Å². The summed E-state index contributed by atoms with van der Waals surface area (Å²) in [5, 5.41) is 26.5. The van der Waals surface area contributed by atoms with Gasteiger partial charge in [-0.3, -0.25) is 4.90 Å². The van der Waals surface area contributed by atoms with Gasteiger partial charge in [-0.2, -0.15) is 0 Å². The molecule has 1 heterocycles. The summed E-state index contributed by atoms with van der Waals surface area (Å²) >= 11 is 0. The smallest absolute Gasteiger partial charge is 0.354 e. The number of carboxylic acids is 1. The topological polar surface area (TPSA) is 93.9 Å². The first kappa shape index (κ1) is 13.6. The van der Waals surface area contributed by atoms with Gasteiger partial charge in [0.1, 0.15) is 5.69 Å². The molecule has 94 valence electrons. The van der Waals surface area contributed by atoms with Crippen molar-refractivity contribution >= 4 is 5.97 Å². The second kappa shape index (κ2) is 6.95. The van der Waals surface area contributed by atoms with E-state index in [-0.39, 0.29) is 18.9 Å². The highest BCUT2D eigenvalue weighted by molar-refractivity contribution is 5.85. The Morgan fingerprint density at radius 1 is 1.24 bits per heavy atom. The first-order valence-corrected chi connectivity index (χ1v) is 5.30. The quantitative estimate of drug-likeness (QED) is 0.598. The van der Waals surface area contributed by atoms with Crippen molar-refractivity contribution in [2.45, 2.75) is 6.54 Å². The van der Waals surface area contributed by atoms with E-state index in [4.69, 9.17) is 15.3 Å². The Balaban J connectivity index is 2.71.